The molecule has 3 N–H and O–H groups in total. The van der Waals surface area contributed by atoms with Crippen molar-refractivity contribution in [2.45, 2.75) is 45.1 Å². The lowest BCUT2D eigenvalue weighted by Gasteiger charge is -2.20. The lowest BCUT2D eigenvalue weighted by molar-refractivity contribution is 0.0940. The number of para-hydroxylation sites is 1. The number of nitrogens with one attached hydrogen (secondary N) is 1. The number of fused-ring (bicyclic) bond motifs is 2. The van der Waals surface area contributed by atoms with Gasteiger partial charge >= 0.3 is 0 Å². The molecule has 40 heavy (non-hydrogen) atoms. The molecule has 3 heterocycles. The zero-order chi connectivity index (χ0) is 27.6. The molecule has 9 heteroatoms. The third-order valence-corrected chi connectivity index (χ3v) is 7.55. The average Bonchev–Trinajstić information content (AvgIpc) is 3.32. The third kappa shape index (κ3) is 4.75. The molecule has 9 nitrogen and oxygen atoms in total. The fraction of sp³-hybridized carbons (Fsp3) is 0.258. The summed E-state index contributed by atoms with van der Waals surface area (Å²) >= 11 is 0. The van der Waals surface area contributed by atoms with Crippen molar-refractivity contribution in [3.63, 3.8) is 0 Å². The molecule has 1 fully saturated rings. The summed E-state index contributed by atoms with van der Waals surface area (Å²) < 4.78 is 3.05. The Kier molecular flexibility index (Phi) is 6.86. The first-order valence-electron chi connectivity index (χ1n) is 13.7. The smallest absolute Gasteiger partial charge is 0.266 e. The molecule has 0 bridgehead atoms. The molecule has 5 aromatic rings. The molecule has 1 aliphatic rings. The molecule has 1 saturated carbocycles. The highest BCUT2D eigenvalue weighted by Gasteiger charge is 2.25. The number of nitrogens with zero attached hydrogens (tertiary/aromatic N) is 5. The van der Waals surface area contributed by atoms with E-state index in [9.17, 15) is 9.59 Å². The molecule has 0 saturated heterocycles. The molecule has 0 spiro atoms. The van der Waals surface area contributed by atoms with Gasteiger partial charge in [0.1, 0.15) is 11.4 Å². The fourth-order valence-corrected chi connectivity index (χ4v) is 5.55. The van der Waals surface area contributed by atoms with E-state index in [1.54, 1.807) is 30.0 Å². The number of carbonyl (C=O) groups excluding carboxylic acids is 1. The average molecular weight is 534 g/mol. The minimum Gasteiger partial charge on any atom is -0.381 e. The predicted molar refractivity (Wildman–Crippen MR) is 156 cm³/mol. The van der Waals surface area contributed by atoms with Crippen molar-refractivity contribution in [3.8, 4) is 5.69 Å². The van der Waals surface area contributed by atoms with Crippen molar-refractivity contribution in [1.82, 2.24) is 29.5 Å². The molecule has 1 amide bonds. The lowest BCUT2D eigenvalue weighted by atomic mass is 9.88. The first-order chi connectivity index (χ1) is 19.5. The van der Waals surface area contributed by atoms with Crippen LogP contribution in [0.25, 0.3) is 28.3 Å². The van der Waals surface area contributed by atoms with Crippen LogP contribution in [0.15, 0.2) is 77.9 Å². The molecule has 1 unspecified atom stereocenters. The van der Waals surface area contributed by atoms with E-state index in [0.29, 0.717) is 34.0 Å². The molecule has 3 aromatic heterocycles. The number of benzene rings is 2. The van der Waals surface area contributed by atoms with Crippen LogP contribution in [0.5, 0.6) is 0 Å². The summed E-state index contributed by atoms with van der Waals surface area (Å²) in [6, 6.07) is 16.2. The molecule has 1 aliphatic carbocycles. The van der Waals surface area contributed by atoms with Gasteiger partial charge in [-0.05, 0) is 55.5 Å². The van der Waals surface area contributed by atoms with E-state index < -0.39 is 11.9 Å². The number of carbonyl (C=O) groups is 1. The number of nitrogens with two attached hydrogens (primary N) is 1. The van der Waals surface area contributed by atoms with Crippen LogP contribution in [0, 0.1) is 5.92 Å². The summed E-state index contributed by atoms with van der Waals surface area (Å²) in [4.78, 5) is 36.8. The van der Waals surface area contributed by atoms with Crippen molar-refractivity contribution in [2.24, 2.45) is 5.92 Å². The van der Waals surface area contributed by atoms with E-state index in [-0.39, 0.29) is 16.9 Å². The predicted octanol–water partition coefficient (Wildman–Crippen LogP) is 5.10. The second-order valence-corrected chi connectivity index (χ2v) is 10.3. The fourth-order valence-electron chi connectivity index (χ4n) is 5.55. The van der Waals surface area contributed by atoms with E-state index in [1.807, 2.05) is 48.5 Å². The van der Waals surface area contributed by atoms with Gasteiger partial charge in [0.25, 0.3) is 11.5 Å². The first-order valence-corrected chi connectivity index (χ1v) is 13.7. The van der Waals surface area contributed by atoms with Gasteiger partial charge in [0.2, 0.25) is 0 Å². The second kappa shape index (κ2) is 10.8. The van der Waals surface area contributed by atoms with Crippen LogP contribution in [0.3, 0.4) is 0 Å². The van der Waals surface area contributed by atoms with Gasteiger partial charge in [0.15, 0.2) is 11.5 Å². The third-order valence-electron chi connectivity index (χ3n) is 7.55. The van der Waals surface area contributed by atoms with Crippen LogP contribution in [0.1, 0.15) is 66.8 Å². The van der Waals surface area contributed by atoms with Gasteiger partial charge in [-0.25, -0.2) is 14.5 Å². The highest BCUT2D eigenvalue weighted by atomic mass is 16.2. The highest BCUT2D eigenvalue weighted by Crippen LogP contribution is 2.27. The van der Waals surface area contributed by atoms with Crippen LogP contribution in [0.2, 0.25) is 0 Å². The van der Waals surface area contributed by atoms with Crippen molar-refractivity contribution in [3.05, 3.63) is 100 Å². The van der Waals surface area contributed by atoms with Gasteiger partial charge in [-0.1, -0.05) is 61.7 Å². The summed E-state index contributed by atoms with van der Waals surface area (Å²) in [5.41, 5.74) is 8.51. The SMILES string of the molecule is CC(NC(=O)c1c(N)nn2cccnc12)c1nc2cccc(/C=C/C3CCCCC3)c2c(=O)n1-c1ccccc1. The summed E-state index contributed by atoms with van der Waals surface area (Å²) in [5.74, 6) is 0.569. The Balaban J connectivity index is 1.44. The Morgan fingerprint density at radius 1 is 1.07 bits per heavy atom. The molecule has 0 radical (unpaired) electrons. The van der Waals surface area contributed by atoms with Gasteiger partial charge in [0, 0.05) is 12.4 Å². The van der Waals surface area contributed by atoms with Gasteiger partial charge in [-0.15, -0.1) is 5.10 Å². The normalized spacial score (nSPS) is 15.1. The number of rotatable bonds is 6. The lowest BCUT2D eigenvalue weighted by Crippen LogP contribution is -2.33. The molecular weight excluding hydrogens is 502 g/mol. The number of aromatic nitrogens is 5. The maximum Gasteiger partial charge on any atom is 0.266 e. The highest BCUT2D eigenvalue weighted by molar-refractivity contribution is 6.04. The van der Waals surface area contributed by atoms with E-state index in [4.69, 9.17) is 10.7 Å². The summed E-state index contributed by atoms with van der Waals surface area (Å²) in [6.07, 6.45) is 13.7. The van der Waals surface area contributed by atoms with Crippen LogP contribution in [-0.4, -0.2) is 30.1 Å². The minimum absolute atomic E-state index is 0.0738. The van der Waals surface area contributed by atoms with Crippen molar-refractivity contribution in [1.29, 1.82) is 0 Å². The Labute approximate surface area is 231 Å². The zero-order valence-corrected chi connectivity index (χ0v) is 22.3. The Bertz CT molecular complexity index is 1780. The summed E-state index contributed by atoms with van der Waals surface area (Å²) in [5, 5.41) is 7.71. The van der Waals surface area contributed by atoms with Crippen LogP contribution in [0.4, 0.5) is 5.82 Å². The maximum atomic E-state index is 14.2. The van der Waals surface area contributed by atoms with Crippen LogP contribution in [-0.2, 0) is 0 Å². The summed E-state index contributed by atoms with van der Waals surface area (Å²) in [7, 11) is 0. The minimum atomic E-state index is -0.635. The number of hydrogen-bond acceptors (Lipinski definition) is 6. The second-order valence-electron chi connectivity index (χ2n) is 10.3. The Morgan fingerprint density at radius 2 is 1.88 bits per heavy atom. The quantitative estimate of drug-likeness (QED) is 0.314. The molecule has 2 aromatic carbocycles. The molecule has 1 atom stereocenters. The molecule has 202 valence electrons. The number of anilines is 1. The Morgan fingerprint density at radius 3 is 2.67 bits per heavy atom. The van der Waals surface area contributed by atoms with Gasteiger partial charge in [0.05, 0.1) is 22.6 Å². The van der Waals surface area contributed by atoms with Crippen LogP contribution < -0.4 is 16.6 Å². The van der Waals surface area contributed by atoms with E-state index in [2.05, 4.69) is 27.6 Å². The molecular formula is C31H31N7O2. The molecule has 0 aliphatic heterocycles. The summed E-state index contributed by atoms with van der Waals surface area (Å²) in [6.45, 7) is 1.80. The molecule has 6 rings (SSSR count). The van der Waals surface area contributed by atoms with E-state index >= 15 is 0 Å². The monoisotopic (exact) mass is 533 g/mol. The van der Waals surface area contributed by atoms with Crippen molar-refractivity contribution in [2.75, 3.05) is 5.73 Å². The number of amides is 1. The Hall–Kier alpha value is -4.79. The first kappa shape index (κ1) is 25.5. The topological polar surface area (TPSA) is 120 Å². The van der Waals surface area contributed by atoms with Gasteiger partial charge in [-0.2, -0.15) is 0 Å². The van der Waals surface area contributed by atoms with Crippen molar-refractivity contribution >= 4 is 34.4 Å². The zero-order valence-electron chi connectivity index (χ0n) is 22.3. The van der Waals surface area contributed by atoms with Gasteiger partial charge < -0.3 is 11.1 Å². The maximum absolute atomic E-state index is 14.2. The van der Waals surface area contributed by atoms with Crippen molar-refractivity contribution < 1.29 is 4.79 Å². The van der Waals surface area contributed by atoms with E-state index in [0.717, 1.165) is 5.56 Å². The number of hydrogen-bond donors (Lipinski definition) is 2. The number of nitrogen functional groups attached to an aromatic ring is 1. The largest absolute Gasteiger partial charge is 0.381 e. The van der Waals surface area contributed by atoms with Gasteiger partial charge in [-0.3, -0.25) is 14.2 Å². The standard InChI is InChI=1S/C31H31N7O2/c1-20(34-30(39)26-27(32)36-37-19-9-18-33-29(26)37)28-35-24-15-8-12-22(17-16-21-10-4-2-5-11-21)25(24)31(40)38(28)23-13-6-3-7-14-23/h3,6-9,12-21H,2,4-5,10-11H2,1H3,(H2,32,36)(H,34,39)/b17-16+. The number of allylic oxidation sites excluding steroid dienone is 1. The van der Waals surface area contributed by atoms with Crippen LogP contribution >= 0.6 is 0 Å². The van der Waals surface area contributed by atoms with E-state index in [1.165, 1.54) is 36.6 Å².